The third-order valence-electron chi connectivity index (χ3n) is 0. The van der Waals surface area contributed by atoms with Gasteiger partial charge in [0, 0.05) is 0 Å². The Morgan fingerprint density at radius 3 is 0.312 bits per heavy atom. The van der Waals surface area contributed by atoms with Gasteiger partial charge in [0.15, 0.2) is 0 Å². The van der Waals surface area contributed by atoms with Crippen molar-refractivity contribution in [2.45, 2.75) is 0 Å². The van der Waals surface area contributed by atoms with E-state index in [0.29, 0.717) is 0 Å². The molecule has 0 fully saturated rings. The predicted molar refractivity (Wildman–Crippen MR) is 11.5 cm³/mol. The summed E-state index contributed by atoms with van der Waals surface area (Å²) in [5, 5.41) is 0. The molecule has 0 bridgehead atoms. The average Bonchev–Trinajstić information content (AvgIpc) is 1.12. The van der Waals surface area contributed by atoms with E-state index in [1.807, 2.05) is 0 Å². The van der Waals surface area contributed by atoms with Gasteiger partial charge in [-0.15, -0.1) is 0 Å². The summed E-state index contributed by atoms with van der Waals surface area (Å²) in [6.07, 6.45) is 0. The fourth-order valence-corrected chi connectivity index (χ4v) is 0. The van der Waals surface area contributed by atoms with Crippen molar-refractivity contribution in [2.75, 3.05) is 0 Å². The molecule has 0 spiro atoms. The standard InChI is InChI=1S/6Na.2O4Si/c;;;;;;2*1-5(2,3)4/q6*+1;2*-4. The van der Waals surface area contributed by atoms with Crippen LogP contribution in [0.2, 0.25) is 0 Å². The van der Waals surface area contributed by atoms with E-state index in [1.54, 1.807) is 0 Å². The topological polar surface area (TPSA) is 184 Å². The van der Waals surface area contributed by atoms with Gasteiger partial charge in [0.2, 0.25) is 0 Å². The molecule has 0 radical (unpaired) electrons. The first-order valence-corrected chi connectivity index (χ1v) is 4.90. The van der Waals surface area contributed by atoms with Crippen LogP contribution in [0.25, 0.3) is 0 Å². The van der Waals surface area contributed by atoms with Crippen LogP contribution in [0.3, 0.4) is 0 Å². The molecule has 0 aliphatic rings. The second-order valence-corrected chi connectivity index (χ2v) is 3.00. The van der Waals surface area contributed by atoms with Crippen LogP contribution in [-0.2, 0) is 0 Å². The van der Waals surface area contributed by atoms with Crippen LogP contribution >= 0.6 is 0 Å². The minimum absolute atomic E-state index is 0. The molecule has 0 saturated heterocycles. The minimum Gasteiger partial charge on any atom is -0.894 e. The zero-order valence-electron chi connectivity index (χ0n) is 10.3. The van der Waals surface area contributed by atoms with Crippen molar-refractivity contribution in [3.63, 3.8) is 0 Å². The Morgan fingerprint density at radius 1 is 0.312 bits per heavy atom. The third-order valence-corrected chi connectivity index (χ3v) is 0. The van der Waals surface area contributed by atoms with Crippen molar-refractivity contribution in [3.05, 3.63) is 0 Å². The Balaban J connectivity index is -0.00000000970. The van der Waals surface area contributed by atoms with Crippen LogP contribution < -0.4 is 216 Å². The first-order chi connectivity index (χ1) is 4.00. The Hall–Kier alpha value is 6.11. The summed E-state index contributed by atoms with van der Waals surface area (Å²) in [4.78, 5) is 68.6. The van der Waals surface area contributed by atoms with Gasteiger partial charge in [-0.05, 0) is 0 Å². The van der Waals surface area contributed by atoms with Gasteiger partial charge in [0.1, 0.15) is 0 Å². The van der Waals surface area contributed by atoms with Gasteiger partial charge in [-0.2, -0.15) is 0 Å². The smallest absolute Gasteiger partial charge is 0.894 e. The van der Waals surface area contributed by atoms with Crippen LogP contribution in [0, 0.1) is 0 Å². The van der Waals surface area contributed by atoms with E-state index < -0.39 is 18.1 Å². The first kappa shape index (κ1) is 49.5. The maximum atomic E-state index is 8.58. The van der Waals surface area contributed by atoms with Gasteiger partial charge in [0.25, 0.3) is 0 Å². The van der Waals surface area contributed by atoms with Crippen LogP contribution in [-0.4, -0.2) is 18.1 Å². The maximum absolute atomic E-state index is 8.58. The van der Waals surface area contributed by atoms with Gasteiger partial charge in [-0.25, -0.2) is 0 Å². The molecule has 0 unspecified atom stereocenters. The van der Waals surface area contributed by atoms with Crippen LogP contribution in [0.15, 0.2) is 0 Å². The monoisotopic (exact) mass is 322 g/mol. The molecule has 16 heteroatoms. The normalized spacial score (nSPS) is 7.50. The Bertz CT molecular complexity index is 65.5. The quantitative estimate of drug-likeness (QED) is 0.393. The summed E-state index contributed by atoms with van der Waals surface area (Å²) >= 11 is 0. The molecular weight excluding hydrogens is 322 g/mol. The SMILES string of the molecule is [Na+].[Na+].[Na+].[Na+].[Na+].[Na+].[O-][Si]([O-])([O-])[O-].[O-][Si]([O-])([O-])[O-]. The van der Waals surface area contributed by atoms with Crippen molar-refractivity contribution >= 4 is 18.1 Å². The summed E-state index contributed by atoms with van der Waals surface area (Å²) in [7, 11) is -11.2. The van der Waals surface area contributed by atoms with E-state index >= 15 is 0 Å². The zero-order chi connectivity index (χ0) is 9.00. The Labute approximate surface area is 228 Å². The van der Waals surface area contributed by atoms with Gasteiger partial charge < -0.3 is 56.5 Å². The summed E-state index contributed by atoms with van der Waals surface area (Å²) in [6, 6.07) is 0. The van der Waals surface area contributed by atoms with E-state index in [2.05, 4.69) is 0 Å². The molecule has 0 aliphatic carbocycles. The second-order valence-electron chi connectivity index (χ2n) is 1.00. The van der Waals surface area contributed by atoms with Crippen LogP contribution in [0.1, 0.15) is 0 Å². The molecule has 0 aromatic carbocycles. The molecule has 0 aliphatic heterocycles. The Morgan fingerprint density at radius 2 is 0.312 bits per heavy atom. The third kappa shape index (κ3) is 197. The van der Waals surface area contributed by atoms with E-state index in [-0.39, 0.29) is 177 Å². The summed E-state index contributed by atoms with van der Waals surface area (Å²) < 4.78 is 0. The zero-order valence-corrected chi connectivity index (χ0v) is 24.3. The van der Waals surface area contributed by atoms with Crippen molar-refractivity contribution < 1.29 is 216 Å². The van der Waals surface area contributed by atoms with Crippen LogP contribution in [0.4, 0.5) is 0 Å². The predicted octanol–water partition coefficient (Wildman–Crippen LogP) is -28.2. The van der Waals surface area contributed by atoms with Gasteiger partial charge >= 0.3 is 177 Å². The molecule has 0 saturated carbocycles. The number of rotatable bonds is 0. The number of hydrogen-bond acceptors (Lipinski definition) is 8. The summed E-state index contributed by atoms with van der Waals surface area (Å²) in [5.41, 5.74) is 0. The van der Waals surface area contributed by atoms with E-state index in [0.717, 1.165) is 0 Å². The van der Waals surface area contributed by atoms with Crippen molar-refractivity contribution in [1.29, 1.82) is 0 Å². The summed E-state index contributed by atoms with van der Waals surface area (Å²) in [6.45, 7) is 0. The maximum Gasteiger partial charge on any atom is 1.00 e. The van der Waals surface area contributed by atoms with E-state index in [4.69, 9.17) is 38.4 Å². The van der Waals surface area contributed by atoms with E-state index in [9.17, 15) is 0 Å². The van der Waals surface area contributed by atoms with Crippen LogP contribution in [0.5, 0.6) is 0 Å². The fourth-order valence-electron chi connectivity index (χ4n) is 0. The molecule has 64 valence electrons. The molecule has 0 atom stereocenters. The largest absolute Gasteiger partial charge is 1.00 e. The molecule has 0 heterocycles. The fraction of sp³-hybridized carbons (Fsp3) is 0. The van der Waals surface area contributed by atoms with Gasteiger partial charge in [-0.3, -0.25) is 0 Å². The first-order valence-electron chi connectivity index (χ1n) is 1.63. The Kier molecular flexibility index (Phi) is 80.5. The average molecular weight is 322 g/mol. The van der Waals surface area contributed by atoms with Crippen molar-refractivity contribution in [3.8, 4) is 0 Å². The number of hydrogen-bond donors (Lipinski definition) is 0. The van der Waals surface area contributed by atoms with Crippen molar-refractivity contribution in [1.82, 2.24) is 0 Å². The molecule has 0 amide bonds. The molecule has 0 aromatic rings. The molecule has 0 aromatic heterocycles. The van der Waals surface area contributed by atoms with E-state index in [1.165, 1.54) is 0 Å². The molecule has 0 rings (SSSR count). The second kappa shape index (κ2) is 26.0. The molecule has 16 heavy (non-hydrogen) atoms. The molecular formula is Na6O8Si2-2. The molecule has 0 N–H and O–H groups in total. The van der Waals surface area contributed by atoms with Gasteiger partial charge in [0.05, 0.1) is 0 Å². The minimum atomic E-state index is -5.61. The molecule has 8 nitrogen and oxygen atoms in total. The summed E-state index contributed by atoms with van der Waals surface area (Å²) in [5.74, 6) is 0. The van der Waals surface area contributed by atoms with Crippen molar-refractivity contribution in [2.24, 2.45) is 0 Å². The van der Waals surface area contributed by atoms with Gasteiger partial charge in [-0.1, -0.05) is 0 Å².